The van der Waals surface area contributed by atoms with Crippen molar-refractivity contribution in [3.05, 3.63) is 42.4 Å². The molecule has 1 N–H and O–H groups in total. The summed E-state index contributed by atoms with van der Waals surface area (Å²) in [4.78, 5) is 4.43. The lowest BCUT2D eigenvalue weighted by Gasteiger charge is -2.00. The fourth-order valence-corrected chi connectivity index (χ4v) is 1.78. The van der Waals surface area contributed by atoms with Gasteiger partial charge in [0, 0.05) is 24.8 Å². The van der Waals surface area contributed by atoms with E-state index in [4.69, 9.17) is 0 Å². The largest absolute Gasteiger partial charge is 0.336 e. The molecule has 1 aromatic heterocycles. The molecule has 0 saturated carbocycles. The van der Waals surface area contributed by atoms with Crippen LogP contribution in [0.2, 0.25) is 0 Å². The van der Waals surface area contributed by atoms with Gasteiger partial charge in [0.1, 0.15) is 0 Å². The summed E-state index contributed by atoms with van der Waals surface area (Å²) in [5, 5.41) is 3.13. The predicted octanol–water partition coefficient (Wildman–Crippen LogP) is 2.33. The topological polar surface area (TPSA) is 29.9 Å². The Morgan fingerprint density at radius 2 is 2.00 bits per heavy atom. The lowest BCUT2D eigenvalue weighted by molar-refractivity contribution is 0.644. The Kier molecular flexibility index (Phi) is 3.94. The summed E-state index contributed by atoms with van der Waals surface area (Å²) < 4.78 is 2.11. The first kappa shape index (κ1) is 11.9. The highest BCUT2D eigenvalue weighted by molar-refractivity contribution is 5.58. The van der Waals surface area contributed by atoms with Gasteiger partial charge in [-0.2, -0.15) is 0 Å². The molecule has 1 heterocycles. The fraction of sp³-hybridized carbons (Fsp3) is 0.357. The third kappa shape index (κ3) is 2.94. The number of likely N-dealkylation sites (N-methyl/N-ethyl adjacent to an activating group) is 1. The first-order chi connectivity index (χ1) is 8.33. The quantitative estimate of drug-likeness (QED) is 0.852. The average Bonchev–Trinajstić information content (AvgIpc) is 2.85. The molecule has 2 aromatic rings. The number of hydrogen-bond acceptors (Lipinski definition) is 2. The first-order valence-electron chi connectivity index (χ1n) is 6.09. The van der Waals surface area contributed by atoms with E-state index in [1.165, 1.54) is 11.1 Å². The minimum Gasteiger partial charge on any atom is -0.336 e. The smallest absolute Gasteiger partial charge is 0.0954 e. The van der Waals surface area contributed by atoms with Crippen molar-refractivity contribution in [2.45, 2.75) is 19.9 Å². The van der Waals surface area contributed by atoms with Gasteiger partial charge >= 0.3 is 0 Å². The highest BCUT2D eigenvalue weighted by atomic mass is 15.0. The van der Waals surface area contributed by atoms with Crippen molar-refractivity contribution in [2.24, 2.45) is 0 Å². The third-order valence-corrected chi connectivity index (χ3v) is 2.91. The molecule has 90 valence electrons. The molecule has 1 aromatic carbocycles. The summed E-state index contributed by atoms with van der Waals surface area (Å²) in [7, 11) is 1.96. The van der Waals surface area contributed by atoms with Crippen molar-refractivity contribution < 1.29 is 0 Å². The number of aryl methyl sites for hydroxylation is 1. The molecule has 0 aliphatic carbocycles. The van der Waals surface area contributed by atoms with Gasteiger partial charge in [-0.3, -0.25) is 0 Å². The number of imidazole rings is 1. The number of hydrogen-bond donors (Lipinski definition) is 1. The maximum atomic E-state index is 4.43. The Hall–Kier alpha value is -1.61. The minimum atomic E-state index is 0.955. The van der Waals surface area contributed by atoms with E-state index in [0.717, 1.165) is 25.2 Å². The zero-order valence-corrected chi connectivity index (χ0v) is 10.5. The van der Waals surface area contributed by atoms with Gasteiger partial charge in [-0.1, -0.05) is 31.2 Å². The van der Waals surface area contributed by atoms with Crippen LogP contribution in [-0.4, -0.2) is 23.1 Å². The first-order valence-corrected chi connectivity index (χ1v) is 6.09. The van der Waals surface area contributed by atoms with Crippen molar-refractivity contribution in [1.82, 2.24) is 14.9 Å². The second-order valence-electron chi connectivity index (χ2n) is 4.15. The maximum Gasteiger partial charge on any atom is 0.0954 e. The van der Waals surface area contributed by atoms with Crippen molar-refractivity contribution in [1.29, 1.82) is 0 Å². The van der Waals surface area contributed by atoms with Crippen molar-refractivity contribution >= 4 is 0 Å². The molecule has 0 aliphatic rings. The lowest BCUT2D eigenvalue weighted by atomic mass is 10.1. The highest BCUT2D eigenvalue weighted by Crippen LogP contribution is 2.17. The third-order valence-electron chi connectivity index (χ3n) is 2.91. The van der Waals surface area contributed by atoms with Crippen LogP contribution >= 0.6 is 0 Å². The summed E-state index contributed by atoms with van der Waals surface area (Å²) in [6.07, 6.45) is 5.07. The Bertz CT molecular complexity index is 457. The molecule has 0 spiro atoms. The van der Waals surface area contributed by atoms with Crippen LogP contribution in [0.15, 0.2) is 36.8 Å². The summed E-state index contributed by atoms with van der Waals surface area (Å²) in [5.41, 5.74) is 3.59. The Morgan fingerprint density at radius 3 is 2.65 bits per heavy atom. The van der Waals surface area contributed by atoms with Crippen LogP contribution in [0, 0.1) is 0 Å². The van der Waals surface area contributed by atoms with Crippen molar-refractivity contribution in [3.8, 4) is 11.3 Å². The van der Waals surface area contributed by atoms with E-state index in [1.807, 2.05) is 13.4 Å². The fourth-order valence-electron chi connectivity index (χ4n) is 1.78. The van der Waals surface area contributed by atoms with Crippen LogP contribution in [0.5, 0.6) is 0 Å². The van der Waals surface area contributed by atoms with Gasteiger partial charge in [-0.25, -0.2) is 4.98 Å². The molecule has 3 heteroatoms. The zero-order chi connectivity index (χ0) is 12.1. The van der Waals surface area contributed by atoms with Gasteiger partial charge in [0.2, 0.25) is 0 Å². The maximum absolute atomic E-state index is 4.43. The van der Waals surface area contributed by atoms with Crippen LogP contribution in [0.4, 0.5) is 0 Å². The standard InChI is InChI=1S/C14H19N3/c1-3-12-4-6-13(7-5-12)14-10-17(11-16-14)9-8-15-2/h4-7,10-11,15H,3,8-9H2,1-2H3. The molecule has 2 rings (SSSR count). The molecule has 0 atom stereocenters. The normalized spacial score (nSPS) is 10.7. The van der Waals surface area contributed by atoms with E-state index in [1.54, 1.807) is 0 Å². The van der Waals surface area contributed by atoms with Crippen LogP contribution in [0.3, 0.4) is 0 Å². The van der Waals surface area contributed by atoms with Crippen LogP contribution in [0.1, 0.15) is 12.5 Å². The monoisotopic (exact) mass is 229 g/mol. The predicted molar refractivity (Wildman–Crippen MR) is 71.0 cm³/mol. The molecule has 0 unspecified atom stereocenters. The summed E-state index contributed by atoms with van der Waals surface area (Å²) in [5.74, 6) is 0. The average molecular weight is 229 g/mol. The van der Waals surface area contributed by atoms with Gasteiger partial charge in [0.25, 0.3) is 0 Å². The van der Waals surface area contributed by atoms with Crippen LogP contribution in [0.25, 0.3) is 11.3 Å². The minimum absolute atomic E-state index is 0.955. The van der Waals surface area contributed by atoms with Gasteiger partial charge in [-0.05, 0) is 19.0 Å². The molecule has 0 aliphatic heterocycles. The van der Waals surface area contributed by atoms with Gasteiger partial charge in [0.15, 0.2) is 0 Å². The zero-order valence-electron chi connectivity index (χ0n) is 10.5. The van der Waals surface area contributed by atoms with E-state index >= 15 is 0 Å². The number of nitrogens with one attached hydrogen (secondary N) is 1. The lowest BCUT2D eigenvalue weighted by Crippen LogP contribution is -2.13. The van der Waals surface area contributed by atoms with Crippen LogP contribution in [-0.2, 0) is 13.0 Å². The summed E-state index contributed by atoms with van der Waals surface area (Å²) in [6.45, 7) is 4.09. The number of benzene rings is 1. The Morgan fingerprint density at radius 1 is 1.24 bits per heavy atom. The molecular weight excluding hydrogens is 210 g/mol. The Labute approximate surface area is 103 Å². The van der Waals surface area contributed by atoms with Gasteiger partial charge in [-0.15, -0.1) is 0 Å². The van der Waals surface area contributed by atoms with E-state index in [2.05, 4.69) is 52.3 Å². The second-order valence-corrected chi connectivity index (χ2v) is 4.15. The molecular formula is C14H19N3. The molecule has 0 amide bonds. The molecule has 0 saturated heterocycles. The highest BCUT2D eigenvalue weighted by Gasteiger charge is 2.01. The number of rotatable bonds is 5. The molecule has 17 heavy (non-hydrogen) atoms. The number of aromatic nitrogens is 2. The van der Waals surface area contributed by atoms with E-state index in [-0.39, 0.29) is 0 Å². The second kappa shape index (κ2) is 5.64. The SMILES string of the molecule is CCc1ccc(-c2cn(CCNC)cn2)cc1. The van der Waals surface area contributed by atoms with Crippen molar-refractivity contribution in [2.75, 3.05) is 13.6 Å². The van der Waals surface area contributed by atoms with Crippen LogP contribution < -0.4 is 5.32 Å². The summed E-state index contributed by atoms with van der Waals surface area (Å²) >= 11 is 0. The molecule has 0 fully saturated rings. The van der Waals surface area contributed by atoms with E-state index < -0.39 is 0 Å². The number of nitrogens with zero attached hydrogens (tertiary/aromatic N) is 2. The molecule has 0 bridgehead atoms. The van der Waals surface area contributed by atoms with E-state index in [9.17, 15) is 0 Å². The molecule has 3 nitrogen and oxygen atoms in total. The van der Waals surface area contributed by atoms with Crippen molar-refractivity contribution in [3.63, 3.8) is 0 Å². The molecule has 0 radical (unpaired) electrons. The van der Waals surface area contributed by atoms with Gasteiger partial charge in [0.05, 0.1) is 12.0 Å². The Balaban J connectivity index is 2.12. The van der Waals surface area contributed by atoms with E-state index in [0.29, 0.717) is 0 Å². The summed E-state index contributed by atoms with van der Waals surface area (Å²) in [6, 6.07) is 8.62. The van der Waals surface area contributed by atoms with Gasteiger partial charge < -0.3 is 9.88 Å².